The first-order valence-corrected chi connectivity index (χ1v) is 5.93. The summed E-state index contributed by atoms with van der Waals surface area (Å²) in [6.07, 6.45) is 1.75. The monoisotopic (exact) mass is 252 g/mol. The van der Waals surface area contributed by atoms with E-state index in [4.69, 9.17) is 11.6 Å². The molecule has 3 rings (SSSR count). The highest BCUT2D eigenvalue weighted by Gasteiger charge is 2.18. The maximum atomic E-state index is 5.97. The Hall–Kier alpha value is -2.82. The lowest BCUT2D eigenvalue weighted by Crippen LogP contribution is -2.46. The third-order valence-corrected chi connectivity index (χ3v) is 2.96. The van der Waals surface area contributed by atoms with Gasteiger partial charge in [-0.15, -0.1) is 14.5 Å². The first-order chi connectivity index (χ1) is 9.27. The van der Waals surface area contributed by atoms with E-state index in [9.17, 15) is 0 Å². The third kappa shape index (κ3) is 1.91. The van der Waals surface area contributed by atoms with Gasteiger partial charge in [-0.1, -0.05) is 42.5 Å². The summed E-state index contributed by atoms with van der Waals surface area (Å²) < 4.78 is 3.06. The van der Waals surface area contributed by atoms with Gasteiger partial charge in [0.25, 0.3) is 0 Å². The number of nitrogens with zero attached hydrogens (tertiary/aromatic N) is 3. The molecule has 0 radical (unpaired) electrons. The molecule has 5 nitrogen and oxygen atoms in total. The molecule has 0 amide bonds. The van der Waals surface area contributed by atoms with Crippen LogP contribution in [0.1, 0.15) is 5.56 Å². The minimum absolute atomic E-state index is 0.383. The molecule has 0 bridgehead atoms. The zero-order valence-electron chi connectivity index (χ0n) is 10.3. The Bertz CT molecular complexity index is 743. The van der Waals surface area contributed by atoms with Crippen molar-refractivity contribution in [3.05, 3.63) is 60.2 Å². The first kappa shape index (κ1) is 11.3. The van der Waals surface area contributed by atoms with Crippen molar-refractivity contribution >= 4 is 23.2 Å². The van der Waals surface area contributed by atoms with Gasteiger partial charge in [-0.05, 0) is 17.7 Å². The number of benzene rings is 2. The normalized spacial score (nSPS) is 11.4. The highest BCUT2D eigenvalue weighted by molar-refractivity contribution is 5.81. The van der Waals surface area contributed by atoms with Crippen LogP contribution in [0.3, 0.4) is 0 Å². The van der Waals surface area contributed by atoms with Crippen LogP contribution in [0.2, 0.25) is 0 Å². The number of anilines is 1. The molecule has 0 saturated heterocycles. The van der Waals surface area contributed by atoms with E-state index < -0.39 is 0 Å². The number of hydrogen-bond acceptors (Lipinski definition) is 3. The maximum Gasteiger partial charge on any atom is 0.402 e. The number of aromatic nitrogens is 2. The summed E-state index contributed by atoms with van der Waals surface area (Å²) in [4.78, 5) is 0. The molecule has 0 aliphatic heterocycles. The second-order valence-corrected chi connectivity index (χ2v) is 4.18. The smallest absolute Gasteiger partial charge is 0.289 e. The van der Waals surface area contributed by atoms with Gasteiger partial charge < -0.3 is 0 Å². The topological polar surface area (TPSA) is 73.2 Å². The number of para-hydroxylation sites is 2. The second kappa shape index (κ2) is 4.45. The van der Waals surface area contributed by atoms with Gasteiger partial charge in [-0.25, -0.2) is 0 Å². The molecular weight excluding hydrogens is 238 g/mol. The number of fused-ring (bicyclic) bond motifs is 1. The van der Waals surface area contributed by atoms with Crippen LogP contribution in [0.5, 0.6) is 0 Å². The number of imidazole rings is 1. The van der Waals surface area contributed by atoms with E-state index >= 15 is 0 Å². The molecule has 3 aromatic rings. The minimum atomic E-state index is 0.383. The van der Waals surface area contributed by atoms with Crippen molar-refractivity contribution in [1.29, 1.82) is 0 Å². The molecule has 94 valence electrons. The lowest BCUT2D eigenvalue weighted by atomic mass is 10.2. The summed E-state index contributed by atoms with van der Waals surface area (Å²) in [6, 6.07) is 17.5. The molecule has 1 aromatic heterocycles. The lowest BCUT2D eigenvalue weighted by Gasteiger charge is -1.92. The molecular formula is C14H14N5+. The highest BCUT2D eigenvalue weighted by Crippen LogP contribution is 2.14. The van der Waals surface area contributed by atoms with Crippen LogP contribution in [0.25, 0.3) is 11.0 Å². The van der Waals surface area contributed by atoms with E-state index in [0.29, 0.717) is 5.95 Å². The molecule has 1 heterocycles. The number of nitrogens with two attached hydrogens (primary N) is 2. The number of nitrogen functional groups attached to an aromatic ring is 2. The molecule has 4 N–H and O–H groups in total. The zero-order valence-corrected chi connectivity index (χ0v) is 10.3. The minimum Gasteiger partial charge on any atom is -0.289 e. The number of rotatable bonds is 2. The van der Waals surface area contributed by atoms with Crippen LogP contribution in [0, 0.1) is 0 Å². The van der Waals surface area contributed by atoms with Gasteiger partial charge in [0.2, 0.25) is 0 Å². The van der Waals surface area contributed by atoms with Crippen molar-refractivity contribution in [2.24, 2.45) is 5.10 Å². The Morgan fingerprint density at radius 2 is 1.68 bits per heavy atom. The largest absolute Gasteiger partial charge is 0.402 e. The summed E-state index contributed by atoms with van der Waals surface area (Å²) in [5.74, 6) is 6.29. The van der Waals surface area contributed by atoms with Crippen molar-refractivity contribution < 1.29 is 4.68 Å². The maximum absolute atomic E-state index is 5.97. The molecule has 0 saturated carbocycles. The quantitative estimate of drug-likeness (QED) is 0.407. The third-order valence-electron chi connectivity index (χ3n) is 2.96. The van der Waals surface area contributed by atoms with E-state index in [2.05, 4.69) is 5.10 Å². The molecule has 0 atom stereocenters. The Labute approximate surface area is 110 Å². The Balaban J connectivity index is 2.11. The second-order valence-electron chi connectivity index (χ2n) is 4.18. The van der Waals surface area contributed by atoms with E-state index in [1.807, 2.05) is 54.6 Å². The molecule has 19 heavy (non-hydrogen) atoms. The van der Waals surface area contributed by atoms with Crippen molar-refractivity contribution in [3.8, 4) is 0 Å². The van der Waals surface area contributed by atoms with Crippen molar-refractivity contribution in [1.82, 2.24) is 4.68 Å². The van der Waals surface area contributed by atoms with Gasteiger partial charge in [0.15, 0.2) is 11.0 Å². The molecule has 0 aliphatic rings. The standard InChI is InChI=1S/C14H13N5/c15-14-18(16)12-8-4-5-9-13(12)19(14)17-10-11-6-2-1-3-7-11/h1-10,15H,16H2/p+1. The van der Waals surface area contributed by atoms with Crippen LogP contribution in [-0.2, 0) is 0 Å². The summed E-state index contributed by atoms with van der Waals surface area (Å²) in [7, 11) is 0. The van der Waals surface area contributed by atoms with Gasteiger partial charge >= 0.3 is 5.95 Å². The Kier molecular flexibility index (Phi) is 2.64. The molecule has 0 spiro atoms. The van der Waals surface area contributed by atoms with E-state index in [1.54, 1.807) is 10.9 Å². The SMILES string of the molecule is Nc1n(N=Cc2ccccc2)c2ccccc2[n+]1N. The zero-order chi connectivity index (χ0) is 13.2. The number of hydrogen-bond donors (Lipinski definition) is 2. The van der Waals surface area contributed by atoms with Crippen molar-refractivity contribution in [2.75, 3.05) is 11.6 Å². The van der Waals surface area contributed by atoms with E-state index in [1.165, 1.54) is 4.68 Å². The van der Waals surface area contributed by atoms with Crippen LogP contribution >= 0.6 is 0 Å². The predicted octanol–water partition coefficient (Wildman–Crippen LogP) is 1.11. The average molecular weight is 252 g/mol. The fourth-order valence-electron chi connectivity index (χ4n) is 1.98. The van der Waals surface area contributed by atoms with Crippen molar-refractivity contribution in [3.63, 3.8) is 0 Å². The van der Waals surface area contributed by atoms with Gasteiger partial charge in [-0.2, -0.15) is 0 Å². The lowest BCUT2D eigenvalue weighted by molar-refractivity contribution is -0.596. The fraction of sp³-hybridized carbons (Fsp3) is 0. The van der Waals surface area contributed by atoms with Crippen molar-refractivity contribution in [2.45, 2.75) is 0 Å². The highest BCUT2D eigenvalue weighted by atomic mass is 15.5. The van der Waals surface area contributed by atoms with Crippen LogP contribution < -0.4 is 16.3 Å². The first-order valence-electron chi connectivity index (χ1n) is 5.93. The summed E-state index contributed by atoms with van der Waals surface area (Å²) in [5, 5.41) is 4.39. The van der Waals surface area contributed by atoms with Gasteiger partial charge in [0, 0.05) is 0 Å². The summed E-state index contributed by atoms with van der Waals surface area (Å²) in [5.41, 5.74) is 8.68. The fourth-order valence-corrected chi connectivity index (χ4v) is 1.98. The van der Waals surface area contributed by atoms with Crippen LogP contribution in [-0.4, -0.2) is 10.9 Å². The van der Waals surface area contributed by atoms with Gasteiger partial charge in [0.05, 0.1) is 6.21 Å². The molecule has 0 fully saturated rings. The molecule has 0 unspecified atom stereocenters. The van der Waals surface area contributed by atoms with Crippen LogP contribution in [0.15, 0.2) is 59.7 Å². The Morgan fingerprint density at radius 1 is 1.00 bits per heavy atom. The average Bonchev–Trinajstić information content (AvgIpc) is 2.71. The van der Waals surface area contributed by atoms with Gasteiger partial charge in [-0.3, -0.25) is 11.6 Å². The molecule has 2 aromatic carbocycles. The van der Waals surface area contributed by atoms with Crippen LogP contribution in [0.4, 0.5) is 5.95 Å². The summed E-state index contributed by atoms with van der Waals surface area (Å²) >= 11 is 0. The van der Waals surface area contributed by atoms with E-state index in [0.717, 1.165) is 16.6 Å². The van der Waals surface area contributed by atoms with Gasteiger partial charge in [0.1, 0.15) is 0 Å². The molecule has 0 aliphatic carbocycles. The Morgan fingerprint density at radius 3 is 2.47 bits per heavy atom. The molecule has 5 heteroatoms. The summed E-state index contributed by atoms with van der Waals surface area (Å²) in [6.45, 7) is 0. The predicted molar refractivity (Wildman–Crippen MR) is 76.1 cm³/mol. The van der Waals surface area contributed by atoms with E-state index in [-0.39, 0.29) is 0 Å².